The summed E-state index contributed by atoms with van der Waals surface area (Å²) in [5, 5.41) is 13.1. The van der Waals surface area contributed by atoms with Crippen LogP contribution in [-0.4, -0.2) is 46.7 Å². The molecule has 0 spiro atoms. The van der Waals surface area contributed by atoms with E-state index in [0.29, 0.717) is 6.04 Å². The summed E-state index contributed by atoms with van der Waals surface area (Å²) < 4.78 is 0. The Hall–Kier alpha value is -0.610. The summed E-state index contributed by atoms with van der Waals surface area (Å²) in [4.78, 5) is 14.4. The summed E-state index contributed by atoms with van der Waals surface area (Å²) in [6.45, 7) is 11.0. The number of likely N-dealkylation sites (tertiary alicyclic amines) is 1. The topological polar surface area (TPSA) is 52.6 Å². The van der Waals surface area contributed by atoms with Crippen LogP contribution in [0.3, 0.4) is 0 Å². The van der Waals surface area contributed by atoms with Crippen molar-refractivity contribution in [2.75, 3.05) is 13.1 Å². The molecule has 1 aliphatic heterocycles. The average Bonchev–Trinajstić information content (AvgIpc) is 2.41. The maximum atomic E-state index is 11.9. The van der Waals surface area contributed by atoms with Gasteiger partial charge in [0.25, 0.3) is 0 Å². The maximum absolute atomic E-state index is 11.9. The van der Waals surface area contributed by atoms with Crippen molar-refractivity contribution in [3.8, 4) is 0 Å². The molecule has 2 N–H and O–H groups in total. The zero-order chi connectivity index (χ0) is 15.6. The summed E-state index contributed by atoms with van der Waals surface area (Å²) in [5.74, 6) is 0.847. The molecule has 4 unspecified atom stereocenters. The molecule has 122 valence electrons. The van der Waals surface area contributed by atoms with Crippen molar-refractivity contribution in [3.63, 3.8) is 0 Å². The minimum Gasteiger partial charge on any atom is -0.480 e. The largest absolute Gasteiger partial charge is 0.480 e. The highest BCUT2D eigenvalue weighted by molar-refractivity contribution is 5.79. The fraction of sp³-hybridized carbons (Fsp3) is 0.941. The Balaban J connectivity index is 2.06. The predicted octanol–water partition coefficient (Wildman–Crippen LogP) is 2.73. The van der Waals surface area contributed by atoms with Gasteiger partial charge < -0.3 is 10.0 Å². The molecule has 0 aromatic heterocycles. The molecule has 4 nitrogen and oxygen atoms in total. The Kier molecular flexibility index (Phi) is 5.31. The number of rotatable bonds is 4. The Morgan fingerprint density at radius 2 is 2.00 bits per heavy atom. The molecule has 1 saturated heterocycles. The molecule has 4 atom stereocenters. The zero-order valence-electron chi connectivity index (χ0n) is 14.1. The zero-order valence-corrected chi connectivity index (χ0v) is 14.1. The maximum Gasteiger partial charge on any atom is 0.323 e. The van der Waals surface area contributed by atoms with Crippen LogP contribution >= 0.6 is 0 Å². The summed E-state index contributed by atoms with van der Waals surface area (Å²) in [7, 11) is 0. The number of hydrogen-bond acceptors (Lipinski definition) is 3. The Morgan fingerprint density at radius 3 is 2.57 bits per heavy atom. The van der Waals surface area contributed by atoms with Crippen LogP contribution in [0.5, 0.6) is 0 Å². The number of carboxylic acid groups (broad SMARTS) is 1. The lowest BCUT2D eigenvalue weighted by Crippen LogP contribution is -2.60. The lowest BCUT2D eigenvalue weighted by molar-refractivity contribution is -0.148. The van der Waals surface area contributed by atoms with Gasteiger partial charge in [-0.2, -0.15) is 0 Å². The van der Waals surface area contributed by atoms with E-state index >= 15 is 0 Å². The van der Waals surface area contributed by atoms with Gasteiger partial charge in [0.2, 0.25) is 0 Å². The third kappa shape index (κ3) is 3.78. The second-order valence-electron chi connectivity index (χ2n) is 7.67. The van der Waals surface area contributed by atoms with Crippen molar-refractivity contribution in [1.29, 1.82) is 0 Å². The van der Waals surface area contributed by atoms with Gasteiger partial charge in [0.05, 0.1) is 0 Å². The quantitative estimate of drug-likeness (QED) is 0.837. The van der Waals surface area contributed by atoms with Crippen LogP contribution < -0.4 is 5.32 Å². The van der Waals surface area contributed by atoms with Gasteiger partial charge in [0, 0.05) is 18.6 Å². The third-order valence-electron chi connectivity index (χ3n) is 5.58. The van der Waals surface area contributed by atoms with Crippen LogP contribution in [-0.2, 0) is 4.79 Å². The Labute approximate surface area is 129 Å². The number of aliphatic carboxylic acids is 1. The molecule has 0 radical (unpaired) electrons. The molecule has 1 saturated carbocycles. The van der Waals surface area contributed by atoms with E-state index in [-0.39, 0.29) is 6.04 Å². The molecule has 2 fully saturated rings. The first-order valence-corrected chi connectivity index (χ1v) is 8.59. The third-order valence-corrected chi connectivity index (χ3v) is 5.58. The van der Waals surface area contributed by atoms with Crippen LogP contribution in [0.25, 0.3) is 0 Å². The van der Waals surface area contributed by atoms with Crippen LogP contribution in [0.4, 0.5) is 0 Å². The lowest BCUT2D eigenvalue weighted by Gasteiger charge is -2.46. The summed E-state index contributed by atoms with van der Waals surface area (Å²) >= 11 is 0. The molecule has 0 aromatic carbocycles. The second-order valence-corrected chi connectivity index (χ2v) is 7.67. The Morgan fingerprint density at radius 1 is 1.29 bits per heavy atom. The molecule has 1 aliphatic carbocycles. The number of carboxylic acids is 1. The first kappa shape index (κ1) is 16.8. The van der Waals surface area contributed by atoms with Gasteiger partial charge in [0.15, 0.2) is 0 Å². The van der Waals surface area contributed by atoms with E-state index in [1.54, 1.807) is 0 Å². The van der Waals surface area contributed by atoms with E-state index in [1.165, 1.54) is 6.42 Å². The number of nitrogens with one attached hydrogen (secondary N) is 1. The van der Waals surface area contributed by atoms with Crippen molar-refractivity contribution in [1.82, 2.24) is 10.2 Å². The number of nitrogens with zero attached hydrogens (tertiary/aromatic N) is 1. The molecular weight excluding hydrogens is 264 g/mol. The number of piperidine rings is 1. The van der Waals surface area contributed by atoms with E-state index in [2.05, 4.69) is 24.1 Å². The monoisotopic (exact) mass is 296 g/mol. The summed E-state index contributed by atoms with van der Waals surface area (Å²) in [6.07, 6.45) is 4.92. The van der Waals surface area contributed by atoms with Crippen LogP contribution in [0.1, 0.15) is 59.8 Å². The lowest BCUT2D eigenvalue weighted by atomic mass is 9.76. The van der Waals surface area contributed by atoms with E-state index in [0.717, 1.165) is 50.6 Å². The molecule has 1 heterocycles. The SMILES string of the molecule is CC(C)NC1(C(=O)O)CCCC(N2CCC(C)C(C)C2)C1. The smallest absolute Gasteiger partial charge is 0.323 e. The van der Waals surface area contributed by atoms with Crippen molar-refractivity contribution in [2.24, 2.45) is 11.8 Å². The van der Waals surface area contributed by atoms with Gasteiger partial charge in [-0.3, -0.25) is 10.1 Å². The van der Waals surface area contributed by atoms with Crippen LogP contribution in [0.2, 0.25) is 0 Å². The fourth-order valence-corrected chi connectivity index (χ4v) is 4.12. The highest BCUT2D eigenvalue weighted by Gasteiger charge is 2.45. The first-order chi connectivity index (χ1) is 9.84. The predicted molar refractivity (Wildman–Crippen MR) is 85.4 cm³/mol. The number of carbonyl (C=O) groups is 1. The van der Waals surface area contributed by atoms with Crippen molar-refractivity contribution in [2.45, 2.75) is 77.4 Å². The van der Waals surface area contributed by atoms with Gasteiger partial charge in [0.1, 0.15) is 5.54 Å². The molecular formula is C17H32N2O2. The standard InChI is InChI=1S/C17H32N2O2/c1-12(2)18-17(16(20)21)8-5-6-15(10-17)19-9-7-13(3)14(4)11-19/h12-15,18H,5-11H2,1-4H3,(H,20,21). The van der Waals surface area contributed by atoms with Crippen molar-refractivity contribution < 1.29 is 9.90 Å². The molecule has 0 amide bonds. The van der Waals surface area contributed by atoms with Crippen LogP contribution in [0, 0.1) is 11.8 Å². The van der Waals surface area contributed by atoms with E-state index < -0.39 is 11.5 Å². The van der Waals surface area contributed by atoms with Gasteiger partial charge in [-0.1, -0.05) is 13.8 Å². The molecule has 0 bridgehead atoms. The second kappa shape index (κ2) is 6.66. The van der Waals surface area contributed by atoms with Gasteiger partial charge in [-0.05, 0) is 64.3 Å². The average molecular weight is 296 g/mol. The van der Waals surface area contributed by atoms with Gasteiger partial charge in [-0.15, -0.1) is 0 Å². The highest BCUT2D eigenvalue weighted by Crippen LogP contribution is 2.35. The van der Waals surface area contributed by atoms with Crippen LogP contribution in [0.15, 0.2) is 0 Å². The van der Waals surface area contributed by atoms with Gasteiger partial charge >= 0.3 is 5.97 Å². The van der Waals surface area contributed by atoms with E-state index in [9.17, 15) is 9.90 Å². The normalized spacial score (nSPS) is 38.6. The molecule has 0 aromatic rings. The van der Waals surface area contributed by atoms with Crippen molar-refractivity contribution >= 4 is 5.97 Å². The van der Waals surface area contributed by atoms with Crippen molar-refractivity contribution in [3.05, 3.63) is 0 Å². The molecule has 2 rings (SSSR count). The summed E-state index contributed by atoms with van der Waals surface area (Å²) in [5.41, 5.74) is -0.719. The molecule has 2 aliphatic rings. The molecule has 21 heavy (non-hydrogen) atoms. The molecule has 4 heteroatoms. The Bertz CT molecular complexity index is 372. The highest BCUT2D eigenvalue weighted by atomic mass is 16.4. The number of hydrogen-bond donors (Lipinski definition) is 2. The van der Waals surface area contributed by atoms with E-state index in [1.807, 2.05) is 13.8 Å². The summed E-state index contributed by atoms with van der Waals surface area (Å²) in [6, 6.07) is 0.635. The fourth-order valence-electron chi connectivity index (χ4n) is 4.12. The van der Waals surface area contributed by atoms with E-state index in [4.69, 9.17) is 0 Å². The minimum atomic E-state index is -0.719. The first-order valence-electron chi connectivity index (χ1n) is 8.59. The minimum absolute atomic E-state index is 0.208. The van der Waals surface area contributed by atoms with Gasteiger partial charge in [-0.25, -0.2) is 0 Å².